The number of H-pyrrole nitrogens is 1. The lowest BCUT2D eigenvalue weighted by Gasteiger charge is -2.41. The fraction of sp³-hybridized carbons (Fsp3) is 0.533. The molecular formula is C15H16F3N5O. The lowest BCUT2D eigenvalue weighted by atomic mass is 10.1. The van der Waals surface area contributed by atoms with E-state index in [4.69, 9.17) is 0 Å². The van der Waals surface area contributed by atoms with Crippen LogP contribution in [-0.2, 0) is 4.79 Å². The Morgan fingerprint density at radius 1 is 1.25 bits per heavy atom. The number of nitrogens with one attached hydrogen (secondary N) is 1. The van der Waals surface area contributed by atoms with E-state index >= 15 is 0 Å². The molecule has 2 fully saturated rings. The summed E-state index contributed by atoms with van der Waals surface area (Å²) in [4.78, 5) is 26.7. The number of aromatic nitrogens is 3. The molecule has 2 aliphatic heterocycles. The Morgan fingerprint density at radius 3 is 2.62 bits per heavy atom. The van der Waals surface area contributed by atoms with Crippen LogP contribution >= 0.6 is 0 Å². The Bertz CT molecular complexity index is 760. The number of hydrogen-bond donors (Lipinski definition) is 1. The molecule has 0 spiro atoms. The summed E-state index contributed by atoms with van der Waals surface area (Å²) < 4.78 is 37.7. The van der Waals surface area contributed by atoms with E-state index in [1.165, 1.54) is 6.33 Å². The maximum Gasteiger partial charge on any atom is 0.451 e. The molecule has 0 radical (unpaired) electrons. The topological polar surface area (TPSA) is 65.1 Å². The number of aromatic amines is 1. The average Bonchev–Trinajstić information content (AvgIpc) is 3.08. The van der Waals surface area contributed by atoms with E-state index in [0.29, 0.717) is 13.1 Å². The highest BCUT2D eigenvalue weighted by molar-refractivity contribution is 5.87. The van der Waals surface area contributed by atoms with E-state index in [9.17, 15) is 18.0 Å². The number of anilines is 1. The van der Waals surface area contributed by atoms with Gasteiger partial charge >= 0.3 is 6.18 Å². The summed E-state index contributed by atoms with van der Waals surface area (Å²) in [6, 6.07) is 1.78. The fourth-order valence-electron chi connectivity index (χ4n) is 3.79. The van der Waals surface area contributed by atoms with Crippen molar-refractivity contribution in [2.45, 2.75) is 31.1 Å². The zero-order valence-electron chi connectivity index (χ0n) is 12.8. The second kappa shape index (κ2) is 5.44. The van der Waals surface area contributed by atoms with Crippen molar-refractivity contribution in [3.8, 4) is 0 Å². The molecule has 128 valence electrons. The normalized spacial score (nSPS) is 24.7. The summed E-state index contributed by atoms with van der Waals surface area (Å²) in [6.45, 7) is 0.591. The first kappa shape index (κ1) is 15.4. The second-order valence-corrected chi connectivity index (χ2v) is 6.32. The summed E-state index contributed by atoms with van der Waals surface area (Å²) in [5.74, 6) is -0.872. The highest BCUT2D eigenvalue weighted by Crippen LogP contribution is 2.34. The Labute approximate surface area is 135 Å². The molecule has 6 nitrogen and oxygen atoms in total. The van der Waals surface area contributed by atoms with Crippen LogP contribution in [0, 0.1) is 0 Å². The van der Waals surface area contributed by atoms with Crippen LogP contribution in [0.15, 0.2) is 18.6 Å². The zero-order valence-corrected chi connectivity index (χ0v) is 12.8. The quantitative estimate of drug-likeness (QED) is 0.923. The van der Waals surface area contributed by atoms with Gasteiger partial charge in [0.25, 0.3) is 0 Å². The highest BCUT2D eigenvalue weighted by atomic mass is 19.4. The molecule has 2 unspecified atom stereocenters. The Balaban J connectivity index is 1.54. The molecule has 0 aliphatic carbocycles. The molecule has 24 heavy (non-hydrogen) atoms. The predicted molar refractivity (Wildman–Crippen MR) is 80.7 cm³/mol. The van der Waals surface area contributed by atoms with Crippen LogP contribution < -0.4 is 4.90 Å². The number of carbonyl (C=O) groups is 1. The lowest BCUT2D eigenvalue weighted by Crippen LogP contribution is -2.56. The Morgan fingerprint density at radius 2 is 1.96 bits per heavy atom. The molecule has 2 aliphatic rings. The van der Waals surface area contributed by atoms with Crippen molar-refractivity contribution in [2.24, 2.45) is 0 Å². The van der Waals surface area contributed by atoms with Gasteiger partial charge in [0.05, 0.1) is 11.9 Å². The van der Waals surface area contributed by atoms with Gasteiger partial charge in [0.15, 0.2) is 0 Å². The third kappa shape index (κ3) is 2.52. The van der Waals surface area contributed by atoms with Crippen LogP contribution in [-0.4, -0.2) is 63.5 Å². The third-order valence-electron chi connectivity index (χ3n) is 4.91. The molecule has 4 heterocycles. The van der Waals surface area contributed by atoms with E-state index in [1.54, 1.807) is 11.1 Å². The zero-order chi connectivity index (χ0) is 16.9. The summed E-state index contributed by atoms with van der Waals surface area (Å²) in [5.41, 5.74) is 0.738. The number of piperazine rings is 1. The molecule has 2 aromatic heterocycles. The molecule has 2 bridgehead atoms. The van der Waals surface area contributed by atoms with Gasteiger partial charge in [-0.05, 0) is 18.9 Å². The van der Waals surface area contributed by atoms with Crippen LogP contribution in [0.4, 0.5) is 19.0 Å². The second-order valence-electron chi connectivity index (χ2n) is 6.32. The van der Waals surface area contributed by atoms with Crippen LogP contribution in [0.1, 0.15) is 12.8 Å². The van der Waals surface area contributed by atoms with Crippen molar-refractivity contribution in [3.63, 3.8) is 0 Å². The Hall–Kier alpha value is -2.16. The van der Waals surface area contributed by atoms with E-state index in [-0.39, 0.29) is 12.1 Å². The highest BCUT2D eigenvalue weighted by Gasteiger charge is 2.46. The van der Waals surface area contributed by atoms with Crippen molar-refractivity contribution in [1.29, 1.82) is 0 Å². The third-order valence-corrected chi connectivity index (χ3v) is 4.91. The number of rotatable bonds is 3. The monoisotopic (exact) mass is 339 g/mol. The lowest BCUT2D eigenvalue weighted by molar-refractivity contribution is -0.172. The van der Waals surface area contributed by atoms with Crippen LogP contribution in [0.25, 0.3) is 11.0 Å². The Kier molecular flexibility index (Phi) is 3.48. The van der Waals surface area contributed by atoms with Gasteiger partial charge in [-0.3, -0.25) is 9.69 Å². The van der Waals surface area contributed by atoms with Crippen molar-refractivity contribution in [3.05, 3.63) is 18.6 Å². The summed E-state index contributed by atoms with van der Waals surface area (Å²) in [6.07, 6.45) is 0.104. The molecule has 2 atom stereocenters. The average molecular weight is 339 g/mol. The standard InChI is InChI=1S/C15H16F3N5O/c16-15(17,18)12(24)7-23-9-1-2-10(23)6-22(5-9)14-11-3-4-19-13(11)20-8-21-14/h3-4,8-10H,1-2,5-7H2,(H,19,20,21). The van der Waals surface area contributed by atoms with Crippen molar-refractivity contribution >= 4 is 22.6 Å². The van der Waals surface area contributed by atoms with Crippen LogP contribution in [0.5, 0.6) is 0 Å². The summed E-state index contributed by atoms with van der Waals surface area (Å²) in [5, 5.41) is 0.900. The van der Waals surface area contributed by atoms with Gasteiger partial charge < -0.3 is 9.88 Å². The maximum absolute atomic E-state index is 12.6. The summed E-state index contributed by atoms with van der Waals surface area (Å²) in [7, 11) is 0. The minimum atomic E-state index is -4.76. The van der Waals surface area contributed by atoms with Gasteiger partial charge in [-0.15, -0.1) is 0 Å². The van der Waals surface area contributed by atoms with E-state index < -0.39 is 18.5 Å². The predicted octanol–water partition coefficient (Wildman–Crippen LogP) is 1.74. The number of halogens is 3. The smallest absolute Gasteiger partial charge is 0.353 e. The fourth-order valence-corrected chi connectivity index (χ4v) is 3.79. The number of ketones is 1. The van der Waals surface area contributed by atoms with Crippen molar-refractivity contribution in [1.82, 2.24) is 19.9 Å². The number of hydrogen-bond acceptors (Lipinski definition) is 5. The van der Waals surface area contributed by atoms with Crippen molar-refractivity contribution in [2.75, 3.05) is 24.5 Å². The summed E-state index contributed by atoms with van der Waals surface area (Å²) >= 11 is 0. The minimum absolute atomic E-state index is 0.0565. The molecule has 2 aromatic rings. The van der Waals surface area contributed by atoms with Crippen LogP contribution in [0.3, 0.4) is 0 Å². The number of nitrogens with zero attached hydrogens (tertiary/aromatic N) is 4. The molecule has 0 saturated carbocycles. The number of alkyl halides is 3. The molecule has 2 saturated heterocycles. The first-order valence-electron chi connectivity index (χ1n) is 7.82. The number of Topliss-reactive ketones (excluding diaryl/α,β-unsaturated/α-hetero) is 1. The van der Waals surface area contributed by atoms with Gasteiger partial charge in [0.2, 0.25) is 5.78 Å². The van der Waals surface area contributed by atoms with Gasteiger partial charge in [-0.1, -0.05) is 0 Å². The van der Waals surface area contributed by atoms with Gasteiger partial charge in [0, 0.05) is 31.4 Å². The van der Waals surface area contributed by atoms with Gasteiger partial charge in [0.1, 0.15) is 17.8 Å². The van der Waals surface area contributed by atoms with Crippen molar-refractivity contribution < 1.29 is 18.0 Å². The van der Waals surface area contributed by atoms with E-state index in [1.807, 2.05) is 6.07 Å². The molecule has 0 aromatic carbocycles. The minimum Gasteiger partial charge on any atom is -0.353 e. The molecule has 1 N–H and O–H groups in total. The first-order chi connectivity index (χ1) is 11.4. The SMILES string of the molecule is O=C(CN1C2CCC1CN(c1ncnc3[nH]ccc13)C2)C(F)(F)F. The molecular weight excluding hydrogens is 323 g/mol. The first-order valence-corrected chi connectivity index (χ1v) is 7.82. The number of carbonyl (C=O) groups excluding carboxylic acids is 1. The molecule has 4 rings (SSSR count). The number of fused-ring (bicyclic) bond motifs is 3. The largest absolute Gasteiger partial charge is 0.451 e. The van der Waals surface area contributed by atoms with E-state index in [0.717, 1.165) is 29.7 Å². The van der Waals surface area contributed by atoms with Gasteiger partial charge in [-0.25, -0.2) is 9.97 Å². The molecule has 9 heteroatoms. The van der Waals surface area contributed by atoms with E-state index in [2.05, 4.69) is 19.9 Å². The van der Waals surface area contributed by atoms with Gasteiger partial charge in [-0.2, -0.15) is 13.2 Å². The maximum atomic E-state index is 12.6. The van der Waals surface area contributed by atoms with Crippen LogP contribution in [0.2, 0.25) is 0 Å². The molecule has 0 amide bonds.